The lowest BCUT2D eigenvalue weighted by Gasteiger charge is -2.11. The van der Waals surface area contributed by atoms with E-state index in [9.17, 15) is 0 Å². The van der Waals surface area contributed by atoms with Crippen LogP contribution in [0.15, 0.2) is 34.1 Å². The molecule has 0 aliphatic carbocycles. The molecule has 1 nitrogen and oxygen atoms in total. The van der Waals surface area contributed by atoms with Crippen LogP contribution < -0.4 is 5.73 Å². The Labute approximate surface area is 116 Å². The Balaban J connectivity index is 2.41. The summed E-state index contributed by atoms with van der Waals surface area (Å²) in [5, 5.41) is 3.29. The lowest BCUT2D eigenvalue weighted by Crippen LogP contribution is -2.10. The zero-order valence-corrected chi connectivity index (χ0v) is 12.0. The van der Waals surface area contributed by atoms with E-state index in [0.29, 0.717) is 10.0 Å². The number of thiophene rings is 1. The highest BCUT2D eigenvalue weighted by molar-refractivity contribution is 9.10. The van der Waals surface area contributed by atoms with Gasteiger partial charge < -0.3 is 5.73 Å². The van der Waals surface area contributed by atoms with E-state index in [4.69, 9.17) is 28.9 Å². The highest BCUT2D eigenvalue weighted by atomic mass is 79.9. The highest BCUT2D eigenvalue weighted by Gasteiger charge is 2.14. The van der Waals surface area contributed by atoms with E-state index in [1.165, 1.54) is 0 Å². The molecular formula is C11H8BrCl2NS. The molecule has 2 rings (SSSR count). The van der Waals surface area contributed by atoms with Crippen molar-refractivity contribution in [2.75, 3.05) is 0 Å². The van der Waals surface area contributed by atoms with Crippen LogP contribution in [-0.2, 0) is 0 Å². The maximum atomic E-state index is 6.15. The van der Waals surface area contributed by atoms with Crippen molar-refractivity contribution in [3.63, 3.8) is 0 Å². The third-order valence-corrected chi connectivity index (χ3v) is 4.29. The van der Waals surface area contributed by atoms with Gasteiger partial charge in [-0.05, 0) is 35.2 Å². The number of hydrogen-bond acceptors (Lipinski definition) is 2. The summed E-state index contributed by atoms with van der Waals surface area (Å²) in [6, 6.07) is 7.25. The van der Waals surface area contributed by atoms with Gasteiger partial charge in [-0.1, -0.05) is 39.1 Å². The Morgan fingerprint density at radius 2 is 2.00 bits per heavy atom. The Kier molecular flexibility index (Phi) is 3.93. The Bertz CT molecular complexity index is 492. The van der Waals surface area contributed by atoms with Crippen molar-refractivity contribution in [2.45, 2.75) is 6.04 Å². The molecular weight excluding hydrogens is 329 g/mol. The van der Waals surface area contributed by atoms with Crippen LogP contribution >= 0.6 is 50.5 Å². The Morgan fingerprint density at radius 3 is 2.56 bits per heavy atom. The molecule has 0 radical (unpaired) electrons. The van der Waals surface area contributed by atoms with E-state index < -0.39 is 0 Å². The molecule has 2 N–H and O–H groups in total. The normalized spacial score (nSPS) is 12.8. The SMILES string of the molecule is NC(c1cc(Cl)cc(Br)c1)c1sccc1Cl. The first-order valence-corrected chi connectivity index (χ1v) is 6.95. The summed E-state index contributed by atoms with van der Waals surface area (Å²) in [6.45, 7) is 0. The van der Waals surface area contributed by atoms with E-state index in [1.54, 1.807) is 11.3 Å². The second kappa shape index (κ2) is 5.07. The highest BCUT2D eigenvalue weighted by Crippen LogP contribution is 2.33. The van der Waals surface area contributed by atoms with Gasteiger partial charge >= 0.3 is 0 Å². The van der Waals surface area contributed by atoms with Crippen molar-refractivity contribution >= 4 is 50.5 Å². The minimum atomic E-state index is -0.234. The largest absolute Gasteiger partial charge is 0.320 e. The molecule has 0 aliphatic rings. The van der Waals surface area contributed by atoms with E-state index in [0.717, 1.165) is 14.9 Å². The summed E-state index contributed by atoms with van der Waals surface area (Å²) in [7, 11) is 0. The summed E-state index contributed by atoms with van der Waals surface area (Å²) in [5.74, 6) is 0. The lowest BCUT2D eigenvalue weighted by molar-refractivity contribution is 0.893. The Hall–Kier alpha value is -0.0600. The maximum Gasteiger partial charge on any atom is 0.0662 e. The minimum absolute atomic E-state index is 0.234. The van der Waals surface area contributed by atoms with Crippen molar-refractivity contribution in [1.29, 1.82) is 0 Å². The van der Waals surface area contributed by atoms with Crippen molar-refractivity contribution in [3.8, 4) is 0 Å². The molecule has 5 heteroatoms. The van der Waals surface area contributed by atoms with Crippen LogP contribution in [-0.4, -0.2) is 0 Å². The molecule has 1 heterocycles. The molecule has 84 valence electrons. The molecule has 1 aromatic heterocycles. The second-order valence-electron chi connectivity index (χ2n) is 3.31. The van der Waals surface area contributed by atoms with Gasteiger partial charge in [0.1, 0.15) is 0 Å². The third-order valence-electron chi connectivity index (χ3n) is 2.17. The fraction of sp³-hybridized carbons (Fsp3) is 0.0909. The smallest absolute Gasteiger partial charge is 0.0662 e. The fourth-order valence-corrected chi connectivity index (χ4v) is 3.52. The number of rotatable bonds is 2. The number of nitrogens with two attached hydrogens (primary N) is 1. The summed E-state index contributed by atoms with van der Waals surface area (Å²) in [4.78, 5) is 0.954. The van der Waals surface area contributed by atoms with Crippen molar-refractivity contribution < 1.29 is 0 Å². The molecule has 16 heavy (non-hydrogen) atoms. The van der Waals surface area contributed by atoms with Crippen LogP contribution in [0.4, 0.5) is 0 Å². The summed E-state index contributed by atoms with van der Waals surface area (Å²) < 4.78 is 0.915. The zero-order valence-electron chi connectivity index (χ0n) is 8.08. The van der Waals surface area contributed by atoms with Crippen LogP contribution in [0.5, 0.6) is 0 Å². The van der Waals surface area contributed by atoms with Gasteiger partial charge in [-0.2, -0.15) is 0 Å². The number of benzene rings is 1. The average molecular weight is 337 g/mol. The first kappa shape index (κ1) is 12.4. The molecule has 1 atom stereocenters. The third kappa shape index (κ3) is 2.60. The monoisotopic (exact) mass is 335 g/mol. The van der Waals surface area contributed by atoms with Crippen LogP contribution in [0.1, 0.15) is 16.5 Å². The summed E-state index contributed by atoms with van der Waals surface area (Å²) in [6.07, 6.45) is 0. The molecule has 0 saturated carbocycles. The van der Waals surface area contributed by atoms with Gasteiger partial charge in [0.25, 0.3) is 0 Å². The van der Waals surface area contributed by atoms with Gasteiger partial charge in [-0.25, -0.2) is 0 Å². The average Bonchev–Trinajstić information content (AvgIpc) is 2.62. The zero-order chi connectivity index (χ0) is 11.7. The first-order valence-electron chi connectivity index (χ1n) is 4.52. The first-order chi connectivity index (χ1) is 7.58. The van der Waals surface area contributed by atoms with Crippen molar-refractivity contribution in [2.24, 2.45) is 5.73 Å². The second-order valence-corrected chi connectivity index (χ2v) is 6.02. The van der Waals surface area contributed by atoms with E-state index in [1.807, 2.05) is 29.6 Å². The molecule has 0 fully saturated rings. The lowest BCUT2D eigenvalue weighted by atomic mass is 10.1. The van der Waals surface area contributed by atoms with E-state index >= 15 is 0 Å². The van der Waals surface area contributed by atoms with Gasteiger partial charge in [0.15, 0.2) is 0 Å². The van der Waals surface area contributed by atoms with Gasteiger partial charge in [0.05, 0.1) is 11.1 Å². The standard InChI is InChI=1S/C11H8BrCl2NS/c12-7-3-6(4-8(13)5-7)10(15)11-9(14)1-2-16-11/h1-5,10H,15H2. The molecule has 0 bridgehead atoms. The van der Waals surface area contributed by atoms with Gasteiger partial charge in [-0.15, -0.1) is 11.3 Å². The van der Waals surface area contributed by atoms with E-state index in [-0.39, 0.29) is 6.04 Å². The van der Waals surface area contributed by atoms with Crippen LogP contribution in [0.25, 0.3) is 0 Å². The summed E-state index contributed by atoms with van der Waals surface area (Å²) >= 11 is 17.0. The molecule has 0 spiro atoms. The van der Waals surface area contributed by atoms with Crippen molar-refractivity contribution in [1.82, 2.24) is 0 Å². The topological polar surface area (TPSA) is 26.0 Å². The molecule has 0 saturated heterocycles. The van der Waals surface area contributed by atoms with Gasteiger partial charge in [-0.3, -0.25) is 0 Å². The minimum Gasteiger partial charge on any atom is -0.320 e. The van der Waals surface area contributed by atoms with Crippen LogP contribution in [0.2, 0.25) is 10.0 Å². The molecule has 0 amide bonds. The maximum absolute atomic E-state index is 6.15. The Morgan fingerprint density at radius 1 is 1.25 bits per heavy atom. The predicted octanol–water partition coefficient (Wildman–Crippen LogP) is 4.87. The number of halogens is 3. The van der Waals surface area contributed by atoms with E-state index in [2.05, 4.69) is 15.9 Å². The molecule has 2 aromatic rings. The van der Waals surface area contributed by atoms with Gasteiger partial charge in [0, 0.05) is 14.4 Å². The predicted molar refractivity (Wildman–Crippen MR) is 74.5 cm³/mol. The van der Waals surface area contributed by atoms with Crippen LogP contribution in [0, 0.1) is 0 Å². The molecule has 1 aromatic carbocycles. The molecule has 1 unspecified atom stereocenters. The number of hydrogen-bond donors (Lipinski definition) is 1. The fourth-order valence-electron chi connectivity index (χ4n) is 1.43. The van der Waals surface area contributed by atoms with Crippen LogP contribution in [0.3, 0.4) is 0 Å². The quantitative estimate of drug-likeness (QED) is 0.832. The van der Waals surface area contributed by atoms with Crippen molar-refractivity contribution in [3.05, 3.63) is 54.6 Å². The molecule has 0 aliphatic heterocycles. The van der Waals surface area contributed by atoms with Gasteiger partial charge in [0.2, 0.25) is 0 Å². The summed E-state index contributed by atoms with van der Waals surface area (Å²) in [5.41, 5.74) is 7.09.